The Morgan fingerprint density at radius 3 is 2.57 bits per heavy atom. The maximum absolute atomic E-state index is 12.6. The minimum atomic E-state index is -0.261. The predicted molar refractivity (Wildman–Crippen MR) is 121 cm³/mol. The number of hydrogen-bond donors (Lipinski definition) is 2. The summed E-state index contributed by atoms with van der Waals surface area (Å²) < 4.78 is 0. The summed E-state index contributed by atoms with van der Waals surface area (Å²) in [5, 5.41) is 6.17. The second kappa shape index (κ2) is 11.0. The van der Waals surface area contributed by atoms with Crippen molar-refractivity contribution in [3.05, 3.63) is 35.4 Å². The molecule has 0 spiro atoms. The molecular weight excluding hydrogens is 378 g/mol. The Bertz CT molecular complexity index is 754. The Morgan fingerprint density at radius 2 is 1.90 bits per heavy atom. The fourth-order valence-electron chi connectivity index (χ4n) is 3.50. The Morgan fingerprint density at radius 1 is 1.20 bits per heavy atom. The highest BCUT2D eigenvalue weighted by atomic mass is 16.2. The van der Waals surface area contributed by atoms with Crippen LogP contribution >= 0.6 is 0 Å². The van der Waals surface area contributed by atoms with E-state index in [1.54, 1.807) is 0 Å². The summed E-state index contributed by atoms with van der Waals surface area (Å²) in [6.45, 7) is 10.9. The van der Waals surface area contributed by atoms with Gasteiger partial charge in [0.2, 0.25) is 11.8 Å². The van der Waals surface area contributed by atoms with Crippen molar-refractivity contribution in [2.45, 2.75) is 59.0 Å². The molecule has 0 aliphatic carbocycles. The highest BCUT2D eigenvalue weighted by molar-refractivity contribution is 5.86. The average Bonchev–Trinajstić information content (AvgIpc) is 2.68. The molecule has 1 aliphatic rings. The van der Waals surface area contributed by atoms with Crippen molar-refractivity contribution in [3.63, 3.8) is 0 Å². The number of benzene rings is 1. The molecule has 1 aliphatic heterocycles. The van der Waals surface area contributed by atoms with E-state index in [0.29, 0.717) is 31.9 Å². The molecular formula is C23H37N5O2. The Labute approximate surface area is 180 Å². The number of fused-ring (bicyclic) bond motifs is 1. The molecule has 0 fully saturated rings. The van der Waals surface area contributed by atoms with Gasteiger partial charge in [-0.15, -0.1) is 0 Å². The van der Waals surface area contributed by atoms with E-state index in [2.05, 4.69) is 33.8 Å². The fraction of sp³-hybridized carbons (Fsp3) is 0.609. The zero-order chi connectivity index (χ0) is 22.1. The molecule has 166 valence electrons. The first-order valence-corrected chi connectivity index (χ1v) is 10.8. The van der Waals surface area contributed by atoms with Gasteiger partial charge in [-0.1, -0.05) is 24.3 Å². The zero-order valence-electron chi connectivity index (χ0n) is 19.1. The molecule has 2 amide bonds. The van der Waals surface area contributed by atoms with E-state index in [9.17, 15) is 9.59 Å². The van der Waals surface area contributed by atoms with Gasteiger partial charge in [0.1, 0.15) is 0 Å². The Hall–Kier alpha value is -2.57. The van der Waals surface area contributed by atoms with Gasteiger partial charge in [-0.25, -0.2) is 0 Å². The lowest BCUT2D eigenvalue weighted by molar-refractivity contribution is -0.132. The molecule has 0 saturated heterocycles. The molecule has 1 aromatic rings. The van der Waals surface area contributed by atoms with Gasteiger partial charge in [-0.2, -0.15) is 0 Å². The predicted octanol–water partition coefficient (Wildman–Crippen LogP) is 2.16. The van der Waals surface area contributed by atoms with E-state index in [4.69, 9.17) is 0 Å². The van der Waals surface area contributed by atoms with Crippen LogP contribution in [0.3, 0.4) is 0 Å². The second-order valence-electron chi connectivity index (χ2n) is 8.83. The lowest BCUT2D eigenvalue weighted by atomic mass is 9.99. The molecule has 7 heteroatoms. The van der Waals surface area contributed by atoms with Crippen molar-refractivity contribution < 1.29 is 9.59 Å². The SMILES string of the molecule is CCNC(=NCCCC(=O)N1CCc2ccccc2C1)N(C)CC(=O)NC(C)(C)C. The molecule has 0 atom stereocenters. The smallest absolute Gasteiger partial charge is 0.240 e. The van der Waals surface area contributed by atoms with Gasteiger partial charge in [-0.05, 0) is 51.7 Å². The molecule has 30 heavy (non-hydrogen) atoms. The molecule has 2 N–H and O–H groups in total. The number of nitrogens with zero attached hydrogens (tertiary/aromatic N) is 3. The number of guanidine groups is 1. The molecule has 7 nitrogen and oxygen atoms in total. The Kier molecular flexibility index (Phi) is 8.69. The molecule has 1 heterocycles. The van der Waals surface area contributed by atoms with Gasteiger partial charge < -0.3 is 20.4 Å². The van der Waals surface area contributed by atoms with Gasteiger partial charge >= 0.3 is 0 Å². The lowest BCUT2D eigenvalue weighted by Crippen LogP contribution is -2.48. The summed E-state index contributed by atoms with van der Waals surface area (Å²) in [7, 11) is 1.85. The van der Waals surface area contributed by atoms with Crippen molar-refractivity contribution in [3.8, 4) is 0 Å². The first kappa shape index (κ1) is 23.7. The zero-order valence-corrected chi connectivity index (χ0v) is 19.1. The number of aliphatic imine (C=N–C) groups is 1. The molecule has 0 aromatic heterocycles. The highest BCUT2D eigenvalue weighted by Crippen LogP contribution is 2.19. The molecule has 1 aromatic carbocycles. The molecule has 0 unspecified atom stereocenters. The standard InChI is InChI=1S/C23H37N5O2/c1-6-24-22(27(5)17-20(29)26-23(2,3)4)25-14-9-12-21(30)28-15-13-18-10-7-8-11-19(18)16-28/h7-8,10-11H,6,9,12-17H2,1-5H3,(H,24,25)(H,26,29). The summed E-state index contributed by atoms with van der Waals surface area (Å²) in [6.07, 6.45) is 2.10. The van der Waals surface area contributed by atoms with Gasteiger partial charge in [0.15, 0.2) is 5.96 Å². The van der Waals surface area contributed by atoms with Gasteiger partial charge in [0.25, 0.3) is 0 Å². The number of likely N-dealkylation sites (N-methyl/N-ethyl adjacent to an activating group) is 1. The summed E-state index contributed by atoms with van der Waals surface area (Å²) in [5.41, 5.74) is 2.34. The maximum Gasteiger partial charge on any atom is 0.240 e. The first-order chi connectivity index (χ1) is 14.2. The minimum absolute atomic E-state index is 0.0452. The fourth-order valence-corrected chi connectivity index (χ4v) is 3.50. The number of carbonyl (C=O) groups excluding carboxylic acids is 2. The van der Waals surface area contributed by atoms with E-state index in [-0.39, 0.29) is 23.9 Å². The summed E-state index contributed by atoms with van der Waals surface area (Å²) >= 11 is 0. The van der Waals surface area contributed by atoms with E-state index in [1.807, 2.05) is 50.6 Å². The van der Waals surface area contributed by atoms with Crippen LogP contribution in [0.25, 0.3) is 0 Å². The van der Waals surface area contributed by atoms with Crippen LogP contribution in [0.4, 0.5) is 0 Å². The van der Waals surface area contributed by atoms with E-state index < -0.39 is 0 Å². The quantitative estimate of drug-likeness (QED) is 0.406. The van der Waals surface area contributed by atoms with Crippen molar-refractivity contribution in [2.24, 2.45) is 4.99 Å². The number of amides is 2. The third kappa shape index (κ3) is 7.69. The van der Waals surface area contributed by atoms with Crippen molar-refractivity contribution in [2.75, 3.05) is 33.2 Å². The van der Waals surface area contributed by atoms with Crippen LogP contribution in [0.15, 0.2) is 29.3 Å². The topological polar surface area (TPSA) is 77.0 Å². The normalized spacial score (nSPS) is 14.2. The van der Waals surface area contributed by atoms with Crippen LogP contribution in [0.5, 0.6) is 0 Å². The number of hydrogen-bond acceptors (Lipinski definition) is 3. The first-order valence-electron chi connectivity index (χ1n) is 10.8. The van der Waals surface area contributed by atoms with Crippen LogP contribution in [-0.2, 0) is 22.6 Å². The number of rotatable bonds is 7. The molecule has 0 saturated carbocycles. The second-order valence-corrected chi connectivity index (χ2v) is 8.83. The van der Waals surface area contributed by atoms with Gasteiger partial charge in [0, 0.05) is 45.2 Å². The Balaban J connectivity index is 1.81. The monoisotopic (exact) mass is 415 g/mol. The maximum atomic E-state index is 12.6. The van der Waals surface area contributed by atoms with Crippen LogP contribution in [0.1, 0.15) is 51.7 Å². The van der Waals surface area contributed by atoms with Gasteiger partial charge in [-0.3, -0.25) is 14.6 Å². The van der Waals surface area contributed by atoms with Crippen LogP contribution in [0.2, 0.25) is 0 Å². The van der Waals surface area contributed by atoms with Crippen molar-refractivity contribution in [1.82, 2.24) is 20.4 Å². The number of carbonyl (C=O) groups is 2. The van der Waals surface area contributed by atoms with Crippen LogP contribution in [-0.4, -0.2) is 66.3 Å². The van der Waals surface area contributed by atoms with E-state index in [1.165, 1.54) is 11.1 Å². The van der Waals surface area contributed by atoms with E-state index >= 15 is 0 Å². The van der Waals surface area contributed by atoms with Crippen molar-refractivity contribution in [1.29, 1.82) is 0 Å². The van der Waals surface area contributed by atoms with Crippen LogP contribution < -0.4 is 10.6 Å². The van der Waals surface area contributed by atoms with Gasteiger partial charge in [0.05, 0.1) is 6.54 Å². The summed E-state index contributed by atoms with van der Waals surface area (Å²) in [5.74, 6) is 0.819. The van der Waals surface area contributed by atoms with Crippen molar-refractivity contribution >= 4 is 17.8 Å². The summed E-state index contributed by atoms with van der Waals surface area (Å²) in [4.78, 5) is 33.1. The number of nitrogens with one attached hydrogen (secondary N) is 2. The largest absolute Gasteiger partial charge is 0.357 e. The highest BCUT2D eigenvalue weighted by Gasteiger charge is 2.20. The average molecular weight is 416 g/mol. The van der Waals surface area contributed by atoms with Crippen LogP contribution in [0, 0.1) is 0 Å². The minimum Gasteiger partial charge on any atom is -0.357 e. The molecule has 0 radical (unpaired) electrons. The molecule has 2 rings (SSSR count). The third-order valence-electron chi connectivity index (χ3n) is 4.89. The third-order valence-corrected chi connectivity index (χ3v) is 4.89. The lowest BCUT2D eigenvalue weighted by Gasteiger charge is -2.29. The molecule has 0 bridgehead atoms. The summed E-state index contributed by atoms with van der Waals surface area (Å²) in [6, 6.07) is 8.34. The van der Waals surface area contributed by atoms with E-state index in [0.717, 1.165) is 19.5 Å².